The average molecular weight is 742 g/mol. The van der Waals surface area contributed by atoms with Crippen molar-refractivity contribution in [3.63, 3.8) is 0 Å². The minimum atomic E-state index is -4.45. The summed E-state index contributed by atoms with van der Waals surface area (Å²) in [6.07, 6.45) is -2.64. The number of rotatable bonds is 14. The largest absolute Gasteiger partial charge is 0.469 e. The highest BCUT2D eigenvalue weighted by atomic mass is 35.5. The standard InChI is InChI=1S/C31H35ClF3N7O7S/c1-29(2)15-19(17-41(29)28(45)46)5-4-13-36-22-6-3-7-25(37-22)50(47,48)40-27(44)21-8-9-23(38-26(21)32)42-14-10-24(39-42)49-18-20(43)16-30(11-12-30)31(33,34)35/h3,6-10,14,19H,4-5,11-13,15-18H2,1-2H3,(H,36,37)(H,40,44)(H,45,46)/t19-/m0/s1. The molecule has 3 aromatic rings. The number of ether oxygens (including phenoxy) is 1. The van der Waals surface area contributed by atoms with Crippen molar-refractivity contribution in [3.8, 4) is 11.7 Å². The Morgan fingerprint density at radius 3 is 2.50 bits per heavy atom. The van der Waals surface area contributed by atoms with Gasteiger partial charge in [0.2, 0.25) is 5.88 Å². The molecule has 1 aliphatic carbocycles. The number of Topliss-reactive ketones (excluding diaryl/α,β-unsaturated/α-hetero) is 1. The van der Waals surface area contributed by atoms with Crippen LogP contribution in [0.5, 0.6) is 5.88 Å². The van der Waals surface area contributed by atoms with E-state index in [-0.39, 0.29) is 47.0 Å². The zero-order valence-corrected chi connectivity index (χ0v) is 28.6. The molecule has 19 heteroatoms. The number of pyridine rings is 2. The minimum absolute atomic E-state index is 0.0600. The monoisotopic (exact) mass is 741 g/mol. The molecule has 1 saturated heterocycles. The van der Waals surface area contributed by atoms with Gasteiger partial charge < -0.3 is 20.1 Å². The fourth-order valence-electron chi connectivity index (χ4n) is 5.94. The molecule has 3 N–H and O–H groups in total. The number of halogens is 4. The number of amides is 2. The van der Waals surface area contributed by atoms with Gasteiger partial charge in [-0.25, -0.2) is 24.2 Å². The Morgan fingerprint density at radius 1 is 1.12 bits per heavy atom. The van der Waals surface area contributed by atoms with Gasteiger partial charge in [0.25, 0.3) is 15.9 Å². The summed E-state index contributed by atoms with van der Waals surface area (Å²) in [5, 5.41) is 15.8. The molecule has 0 spiro atoms. The van der Waals surface area contributed by atoms with Crippen LogP contribution in [0.25, 0.3) is 5.82 Å². The van der Waals surface area contributed by atoms with Crippen molar-refractivity contribution in [2.75, 3.05) is 25.0 Å². The first kappa shape index (κ1) is 36.8. The highest BCUT2D eigenvalue weighted by Crippen LogP contribution is 2.60. The lowest BCUT2D eigenvalue weighted by Crippen LogP contribution is -2.41. The van der Waals surface area contributed by atoms with Crippen LogP contribution in [0.1, 0.15) is 62.7 Å². The summed E-state index contributed by atoms with van der Waals surface area (Å²) in [4.78, 5) is 46.1. The molecule has 0 unspecified atom stereocenters. The molecular formula is C31H35ClF3N7O7S. The second-order valence-corrected chi connectivity index (χ2v) is 15.0. The van der Waals surface area contributed by atoms with E-state index in [0.29, 0.717) is 19.5 Å². The third-order valence-corrected chi connectivity index (χ3v) is 10.3. The number of carboxylic acid groups (broad SMARTS) is 1. The number of carbonyl (C=O) groups is 3. The maximum Gasteiger partial charge on any atom is 0.407 e. The number of carbonyl (C=O) groups excluding carboxylic acids is 2. The summed E-state index contributed by atoms with van der Waals surface area (Å²) in [6, 6.07) is 8.16. The number of likely N-dealkylation sites (tertiary alicyclic amines) is 1. The average Bonchev–Trinajstić information content (AvgIpc) is 3.54. The van der Waals surface area contributed by atoms with Gasteiger partial charge in [-0.3, -0.25) is 9.59 Å². The van der Waals surface area contributed by atoms with Crippen molar-refractivity contribution in [2.24, 2.45) is 11.3 Å². The molecule has 3 aromatic heterocycles. The Bertz CT molecular complexity index is 1880. The predicted molar refractivity (Wildman–Crippen MR) is 173 cm³/mol. The molecule has 1 aliphatic heterocycles. The van der Waals surface area contributed by atoms with Crippen molar-refractivity contribution < 1.29 is 45.8 Å². The Balaban J connectivity index is 1.13. The van der Waals surface area contributed by atoms with E-state index in [2.05, 4.69) is 20.4 Å². The maximum absolute atomic E-state index is 13.1. The van der Waals surface area contributed by atoms with Crippen molar-refractivity contribution in [1.29, 1.82) is 0 Å². The van der Waals surface area contributed by atoms with Gasteiger partial charge >= 0.3 is 12.3 Å². The summed E-state index contributed by atoms with van der Waals surface area (Å²) in [7, 11) is -4.43. The SMILES string of the molecule is CC1(C)C[C@H](CCCNc2cccc(S(=O)(=O)NC(=O)c3ccc(-n4ccc(OCC(=O)CC5(C(F)(F)F)CC5)n4)nc3Cl)n2)CN1C(=O)O. The summed E-state index contributed by atoms with van der Waals surface area (Å²) in [5.74, 6) is -1.27. The number of hydrogen-bond acceptors (Lipinski definition) is 10. The summed E-state index contributed by atoms with van der Waals surface area (Å²) < 4.78 is 73.7. The third kappa shape index (κ3) is 8.46. The molecule has 0 aromatic carbocycles. The molecule has 1 atom stereocenters. The molecule has 0 radical (unpaired) electrons. The number of sulfonamides is 1. The van der Waals surface area contributed by atoms with Gasteiger partial charge in [-0.1, -0.05) is 17.7 Å². The second-order valence-electron chi connectivity index (χ2n) is 13.0. The van der Waals surface area contributed by atoms with Gasteiger partial charge in [0.05, 0.1) is 11.0 Å². The van der Waals surface area contributed by atoms with E-state index in [1.165, 1.54) is 46.1 Å². The lowest BCUT2D eigenvalue weighted by molar-refractivity contribution is -0.190. The Labute approximate surface area is 290 Å². The third-order valence-electron chi connectivity index (χ3n) is 8.76. The van der Waals surface area contributed by atoms with Crippen LogP contribution in [0.3, 0.4) is 0 Å². The van der Waals surface area contributed by atoms with Gasteiger partial charge in [-0.15, -0.1) is 5.10 Å². The molecule has 0 bridgehead atoms. The fraction of sp³-hybridized carbons (Fsp3) is 0.484. The summed E-state index contributed by atoms with van der Waals surface area (Å²) >= 11 is 6.21. The highest BCUT2D eigenvalue weighted by molar-refractivity contribution is 7.90. The Morgan fingerprint density at radius 2 is 1.86 bits per heavy atom. The highest BCUT2D eigenvalue weighted by Gasteiger charge is 2.63. The zero-order chi connectivity index (χ0) is 36.5. The Hall–Kier alpha value is -4.45. The molecule has 50 heavy (non-hydrogen) atoms. The van der Waals surface area contributed by atoms with Crippen LogP contribution in [0.15, 0.2) is 47.6 Å². The molecule has 2 aliphatic rings. The van der Waals surface area contributed by atoms with Crippen LogP contribution in [-0.4, -0.2) is 87.4 Å². The van der Waals surface area contributed by atoms with E-state index in [9.17, 15) is 41.1 Å². The number of nitrogens with one attached hydrogen (secondary N) is 2. The molecule has 2 amide bonds. The number of aromatic nitrogens is 4. The molecule has 270 valence electrons. The fourth-order valence-corrected chi connectivity index (χ4v) is 7.11. The van der Waals surface area contributed by atoms with E-state index >= 15 is 0 Å². The first-order valence-electron chi connectivity index (χ1n) is 15.6. The van der Waals surface area contributed by atoms with E-state index < -0.39 is 63.0 Å². The lowest BCUT2D eigenvalue weighted by atomic mass is 9.93. The van der Waals surface area contributed by atoms with Crippen molar-refractivity contribution in [3.05, 3.63) is 53.3 Å². The van der Waals surface area contributed by atoms with Crippen molar-refractivity contribution in [1.82, 2.24) is 29.4 Å². The normalized spacial score (nSPS) is 18.0. The minimum Gasteiger partial charge on any atom is -0.469 e. The Kier molecular flexibility index (Phi) is 10.3. The first-order valence-corrected chi connectivity index (χ1v) is 17.5. The van der Waals surface area contributed by atoms with Gasteiger partial charge in [-0.2, -0.15) is 21.6 Å². The number of alkyl halides is 3. The molecule has 4 heterocycles. The summed E-state index contributed by atoms with van der Waals surface area (Å²) in [6.45, 7) is 4.12. The van der Waals surface area contributed by atoms with Gasteiger partial charge in [0.15, 0.2) is 16.6 Å². The van der Waals surface area contributed by atoms with Gasteiger partial charge in [0.1, 0.15) is 17.6 Å². The van der Waals surface area contributed by atoms with Crippen molar-refractivity contribution >= 4 is 45.2 Å². The van der Waals surface area contributed by atoms with E-state index in [1.54, 1.807) is 6.07 Å². The van der Waals surface area contributed by atoms with Crippen LogP contribution in [0.4, 0.5) is 23.8 Å². The number of hydrogen-bond donors (Lipinski definition) is 3. The van der Waals surface area contributed by atoms with Gasteiger partial charge in [-0.05, 0) is 76.1 Å². The predicted octanol–water partition coefficient (Wildman–Crippen LogP) is 5.09. The topological polar surface area (TPSA) is 186 Å². The van der Waals surface area contributed by atoms with Crippen LogP contribution < -0.4 is 14.8 Å². The van der Waals surface area contributed by atoms with Gasteiger partial charge in [0, 0.05) is 37.3 Å². The quantitative estimate of drug-likeness (QED) is 0.148. The maximum atomic E-state index is 13.1. The van der Waals surface area contributed by atoms with Crippen LogP contribution in [0.2, 0.25) is 5.15 Å². The van der Waals surface area contributed by atoms with E-state index in [0.717, 1.165) is 12.8 Å². The molecular weight excluding hydrogens is 707 g/mol. The van der Waals surface area contributed by atoms with Crippen LogP contribution in [-0.2, 0) is 14.8 Å². The van der Waals surface area contributed by atoms with E-state index in [1.807, 2.05) is 18.6 Å². The van der Waals surface area contributed by atoms with Crippen molar-refractivity contribution in [2.45, 2.75) is 69.1 Å². The molecule has 1 saturated carbocycles. The lowest BCUT2D eigenvalue weighted by Gasteiger charge is -2.28. The smallest absolute Gasteiger partial charge is 0.407 e. The number of ketones is 1. The van der Waals surface area contributed by atoms with Crippen LogP contribution in [0, 0.1) is 11.3 Å². The first-order chi connectivity index (χ1) is 23.4. The van der Waals surface area contributed by atoms with E-state index in [4.69, 9.17) is 16.3 Å². The summed E-state index contributed by atoms with van der Waals surface area (Å²) in [5.41, 5.74) is -2.67. The molecule has 14 nitrogen and oxygen atoms in total. The molecule has 2 fully saturated rings. The second kappa shape index (κ2) is 14.0. The number of anilines is 1. The number of nitrogens with zero attached hydrogens (tertiary/aromatic N) is 5. The zero-order valence-electron chi connectivity index (χ0n) is 27.0. The van der Waals surface area contributed by atoms with Crippen LogP contribution >= 0.6 is 11.6 Å². The molecule has 5 rings (SSSR count).